The van der Waals surface area contributed by atoms with Crippen LogP contribution >= 0.6 is 0 Å². The van der Waals surface area contributed by atoms with E-state index in [9.17, 15) is 14.4 Å². The van der Waals surface area contributed by atoms with Crippen molar-refractivity contribution in [2.45, 2.75) is 31.8 Å². The van der Waals surface area contributed by atoms with Gasteiger partial charge in [-0.2, -0.15) is 0 Å². The van der Waals surface area contributed by atoms with Gasteiger partial charge in [0.2, 0.25) is 0 Å². The van der Waals surface area contributed by atoms with Crippen molar-refractivity contribution < 1.29 is 33.3 Å². The molecule has 8 heteroatoms. The summed E-state index contributed by atoms with van der Waals surface area (Å²) in [5, 5.41) is 0. The van der Waals surface area contributed by atoms with Gasteiger partial charge in [0.1, 0.15) is 17.2 Å². The van der Waals surface area contributed by atoms with E-state index in [-0.39, 0.29) is 19.6 Å². The summed E-state index contributed by atoms with van der Waals surface area (Å²) >= 11 is 0. The fourth-order valence-corrected chi connectivity index (χ4v) is 4.61. The highest BCUT2D eigenvalue weighted by atomic mass is 16.5. The number of ether oxygens (including phenoxy) is 4. The first-order valence-corrected chi connectivity index (χ1v) is 10.6. The molecule has 1 aliphatic rings. The minimum Gasteiger partial charge on any atom is -0.497 e. The molecule has 0 unspecified atom stereocenters. The third-order valence-electron chi connectivity index (χ3n) is 5.96. The second-order valence-corrected chi connectivity index (χ2v) is 7.46. The zero-order valence-corrected chi connectivity index (χ0v) is 19.8. The van der Waals surface area contributed by atoms with Crippen LogP contribution in [0.15, 0.2) is 36.9 Å². The van der Waals surface area contributed by atoms with Crippen molar-refractivity contribution in [2.75, 3.05) is 34.5 Å². The highest BCUT2D eigenvalue weighted by Gasteiger charge is 2.68. The van der Waals surface area contributed by atoms with Crippen LogP contribution in [0, 0.1) is 23.7 Å². The monoisotopic (exact) mass is 457 g/mol. The van der Waals surface area contributed by atoms with E-state index in [0.717, 1.165) is 0 Å². The molecule has 2 rings (SSSR count). The molecule has 0 spiro atoms. The highest BCUT2D eigenvalue weighted by molar-refractivity contribution is 5.94. The number of hydrogen-bond acceptors (Lipinski definition) is 8. The number of likely N-dealkylation sites (tertiary alicyclic amines) is 1. The summed E-state index contributed by atoms with van der Waals surface area (Å²) in [5.41, 5.74) is -0.883. The van der Waals surface area contributed by atoms with E-state index in [0.29, 0.717) is 11.3 Å². The fraction of sp³-hybridized carbons (Fsp3) is 0.480. The Morgan fingerprint density at radius 3 is 2.24 bits per heavy atom. The van der Waals surface area contributed by atoms with Crippen LogP contribution in [0.2, 0.25) is 0 Å². The second kappa shape index (κ2) is 11.5. The molecule has 1 aliphatic heterocycles. The molecule has 1 saturated heterocycles. The van der Waals surface area contributed by atoms with E-state index < -0.39 is 41.3 Å². The molecule has 1 heterocycles. The van der Waals surface area contributed by atoms with Crippen LogP contribution in [0.5, 0.6) is 5.75 Å². The SMILES string of the molecule is C=CC[C@]1(C(=O)OCC)[C@@H](C(=O)OC)[C@@H](C(=O)OC)[C@@H](c2ccc(OC)cc2)N1CC#CC. The van der Waals surface area contributed by atoms with Gasteiger partial charge in [-0.1, -0.05) is 24.1 Å². The van der Waals surface area contributed by atoms with Crippen molar-refractivity contribution in [3.63, 3.8) is 0 Å². The summed E-state index contributed by atoms with van der Waals surface area (Å²) in [6.07, 6.45) is 1.57. The Morgan fingerprint density at radius 2 is 1.76 bits per heavy atom. The van der Waals surface area contributed by atoms with Crippen LogP contribution < -0.4 is 4.74 Å². The van der Waals surface area contributed by atoms with E-state index >= 15 is 0 Å². The van der Waals surface area contributed by atoms with Crippen LogP contribution in [0.3, 0.4) is 0 Å². The molecule has 178 valence electrons. The highest BCUT2D eigenvalue weighted by Crippen LogP contribution is 2.54. The lowest BCUT2D eigenvalue weighted by Gasteiger charge is -2.39. The number of rotatable bonds is 9. The smallest absolute Gasteiger partial charge is 0.327 e. The number of nitrogens with zero attached hydrogens (tertiary/aromatic N) is 1. The summed E-state index contributed by atoms with van der Waals surface area (Å²) in [7, 11) is 4.02. The predicted molar refractivity (Wildman–Crippen MR) is 121 cm³/mol. The van der Waals surface area contributed by atoms with Crippen LogP contribution in [0.1, 0.15) is 31.9 Å². The van der Waals surface area contributed by atoms with Gasteiger partial charge in [0, 0.05) is 0 Å². The molecular formula is C25H31NO7. The molecule has 0 amide bonds. The van der Waals surface area contributed by atoms with Gasteiger partial charge in [0.25, 0.3) is 0 Å². The molecule has 0 bridgehead atoms. The molecule has 1 aromatic rings. The molecule has 4 atom stereocenters. The van der Waals surface area contributed by atoms with E-state index in [1.54, 1.807) is 50.1 Å². The van der Waals surface area contributed by atoms with Crippen LogP contribution in [-0.4, -0.2) is 62.8 Å². The van der Waals surface area contributed by atoms with Gasteiger partial charge in [-0.05, 0) is 38.0 Å². The number of carbonyl (C=O) groups is 3. The van der Waals surface area contributed by atoms with Crippen molar-refractivity contribution in [1.29, 1.82) is 0 Å². The first kappa shape index (κ1) is 25.9. The third kappa shape index (κ3) is 4.74. The average Bonchev–Trinajstić information content (AvgIpc) is 3.13. The molecule has 8 nitrogen and oxygen atoms in total. The maximum atomic E-state index is 13.6. The Kier molecular flexibility index (Phi) is 9.06. The topological polar surface area (TPSA) is 91.4 Å². The predicted octanol–water partition coefficient (Wildman–Crippen LogP) is 2.53. The lowest BCUT2D eigenvalue weighted by molar-refractivity contribution is -0.168. The van der Waals surface area contributed by atoms with Crippen molar-refractivity contribution in [2.24, 2.45) is 11.8 Å². The summed E-state index contributed by atoms with van der Waals surface area (Å²) in [5.74, 6) is 2.16. The Balaban J connectivity index is 2.90. The largest absolute Gasteiger partial charge is 0.497 e. The van der Waals surface area contributed by atoms with Gasteiger partial charge >= 0.3 is 17.9 Å². The van der Waals surface area contributed by atoms with Crippen LogP contribution in [0.25, 0.3) is 0 Å². The standard InChI is InChI=1S/C25H31NO7/c1-7-10-16-26-21(17-11-13-18(30-4)14-12-17)19(22(27)31-5)20(23(28)32-6)25(26,15-8-2)24(29)33-9-3/h8,11-14,19-21H,2,9,15-16H2,1,3-6H3/t19-,20-,21-,25-/m1/s1. The summed E-state index contributed by atoms with van der Waals surface area (Å²) in [6, 6.07) is 6.35. The van der Waals surface area contributed by atoms with E-state index in [1.807, 2.05) is 0 Å². The van der Waals surface area contributed by atoms with E-state index in [4.69, 9.17) is 18.9 Å². The fourth-order valence-electron chi connectivity index (χ4n) is 4.61. The van der Waals surface area contributed by atoms with E-state index in [1.165, 1.54) is 20.3 Å². The molecular weight excluding hydrogens is 426 g/mol. The minimum absolute atomic E-state index is 0.0388. The number of methoxy groups -OCH3 is 3. The Hall–Kier alpha value is -3.31. The molecule has 0 saturated carbocycles. The molecule has 0 N–H and O–H groups in total. The van der Waals surface area contributed by atoms with Gasteiger partial charge < -0.3 is 18.9 Å². The third-order valence-corrected chi connectivity index (χ3v) is 5.96. The van der Waals surface area contributed by atoms with Gasteiger partial charge in [0.05, 0.1) is 46.4 Å². The minimum atomic E-state index is -1.57. The van der Waals surface area contributed by atoms with Crippen LogP contribution in [-0.2, 0) is 28.6 Å². The molecule has 1 aromatic carbocycles. The summed E-state index contributed by atoms with van der Waals surface area (Å²) in [6.45, 7) is 7.34. The molecule has 0 aromatic heterocycles. The van der Waals surface area contributed by atoms with Crippen molar-refractivity contribution in [3.8, 4) is 17.6 Å². The number of hydrogen-bond donors (Lipinski definition) is 0. The van der Waals surface area contributed by atoms with Gasteiger partial charge in [-0.3, -0.25) is 14.5 Å². The Bertz CT molecular complexity index is 930. The zero-order chi connectivity index (χ0) is 24.6. The number of benzene rings is 1. The summed E-state index contributed by atoms with van der Waals surface area (Å²) in [4.78, 5) is 41.6. The lowest BCUT2D eigenvalue weighted by atomic mass is 9.75. The number of esters is 3. The van der Waals surface area contributed by atoms with Crippen molar-refractivity contribution >= 4 is 17.9 Å². The first-order valence-electron chi connectivity index (χ1n) is 10.6. The quantitative estimate of drug-likeness (QED) is 0.242. The zero-order valence-electron chi connectivity index (χ0n) is 19.8. The normalized spacial score (nSPS) is 24.2. The van der Waals surface area contributed by atoms with Gasteiger partial charge in [-0.25, -0.2) is 4.79 Å². The number of carbonyl (C=O) groups excluding carboxylic acids is 3. The Labute approximate surface area is 194 Å². The lowest BCUT2D eigenvalue weighted by Crippen LogP contribution is -2.57. The summed E-state index contributed by atoms with van der Waals surface area (Å²) < 4.78 is 20.9. The van der Waals surface area contributed by atoms with Crippen LogP contribution in [0.4, 0.5) is 0 Å². The second-order valence-electron chi connectivity index (χ2n) is 7.46. The van der Waals surface area contributed by atoms with E-state index in [2.05, 4.69) is 18.4 Å². The van der Waals surface area contributed by atoms with Crippen molar-refractivity contribution in [3.05, 3.63) is 42.5 Å². The van der Waals surface area contributed by atoms with Crippen molar-refractivity contribution in [1.82, 2.24) is 4.90 Å². The molecule has 0 aliphatic carbocycles. The molecule has 33 heavy (non-hydrogen) atoms. The van der Waals surface area contributed by atoms with Gasteiger partial charge in [-0.15, -0.1) is 12.5 Å². The average molecular weight is 458 g/mol. The molecule has 0 radical (unpaired) electrons. The maximum absolute atomic E-state index is 13.6. The Morgan fingerprint density at radius 1 is 1.12 bits per heavy atom. The van der Waals surface area contributed by atoms with Gasteiger partial charge in [0.15, 0.2) is 0 Å². The first-order chi connectivity index (χ1) is 15.9. The molecule has 1 fully saturated rings. The maximum Gasteiger partial charge on any atom is 0.327 e.